The Kier molecular flexibility index (Phi) is 4.77. The first kappa shape index (κ1) is 14.3. The predicted octanol–water partition coefficient (Wildman–Crippen LogP) is 2.79. The molecular formula is C14H20ClN3O. The Morgan fingerprint density at radius 1 is 1.58 bits per heavy atom. The number of nitrogens with zero attached hydrogens (tertiary/aromatic N) is 2. The lowest BCUT2D eigenvalue weighted by Gasteiger charge is -2.34. The number of carbonyl (C=O) groups is 1. The maximum atomic E-state index is 12.2. The molecule has 1 aromatic rings. The van der Waals surface area contributed by atoms with E-state index in [-0.39, 0.29) is 11.9 Å². The van der Waals surface area contributed by atoms with E-state index in [0.717, 1.165) is 19.5 Å². The number of hydrogen-bond donors (Lipinski definition) is 1. The van der Waals surface area contributed by atoms with Crippen molar-refractivity contribution in [1.82, 2.24) is 9.88 Å². The molecule has 4 nitrogen and oxygen atoms in total. The van der Waals surface area contributed by atoms with Gasteiger partial charge in [-0.05, 0) is 44.4 Å². The predicted molar refractivity (Wildman–Crippen MR) is 77.3 cm³/mol. The smallest absolute Gasteiger partial charge is 0.242 e. The number of piperidine rings is 1. The number of carbonyl (C=O) groups excluding carboxylic acids is 1. The highest BCUT2D eigenvalue weighted by Crippen LogP contribution is 2.18. The van der Waals surface area contributed by atoms with E-state index in [4.69, 9.17) is 11.6 Å². The van der Waals surface area contributed by atoms with Crippen LogP contribution in [0, 0.1) is 5.92 Å². The SMILES string of the molecule is C[C@@H]1CCCN([C@@H](C)C(=O)Nc2ccc(Cl)cn2)C1. The fraction of sp³-hybridized carbons (Fsp3) is 0.571. The molecule has 0 radical (unpaired) electrons. The molecular weight excluding hydrogens is 262 g/mol. The summed E-state index contributed by atoms with van der Waals surface area (Å²) >= 11 is 5.77. The molecule has 0 spiro atoms. The molecule has 1 amide bonds. The molecule has 0 aromatic carbocycles. The number of hydrogen-bond acceptors (Lipinski definition) is 3. The van der Waals surface area contributed by atoms with Crippen LogP contribution in [0.15, 0.2) is 18.3 Å². The van der Waals surface area contributed by atoms with Crippen LogP contribution in [0.3, 0.4) is 0 Å². The van der Waals surface area contributed by atoms with Crippen LogP contribution < -0.4 is 5.32 Å². The Hall–Kier alpha value is -1.13. The van der Waals surface area contributed by atoms with Crippen molar-refractivity contribution in [2.45, 2.75) is 32.7 Å². The minimum atomic E-state index is -0.125. The van der Waals surface area contributed by atoms with E-state index in [1.54, 1.807) is 12.1 Å². The van der Waals surface area contributed by atoms with Gasteiger partial charge in [0.15, 0.2) is 0 Å². The third-order valence-corrected chi connectivity index (χ3v) is 3.82. The van der Waals surface area contributed by atoms with Crippen LogP contribution >= 0.6 is 11.6 Å². The van der Waals surface area contributed by atoms with Crippen LogP contribution in [0.25, 0.3) is 0 Å². The average Bonchev–Trinajstić information content (AvgIpc) is 2.40. The lowest BCUT2D eigenvalue weighted by molar-refractivity contribution is -0.121. The summed E-state index contributed by atoms with van der Waals surface area (Å²) in [6, 6.07) is 3.31. The summed E-state index contributed by atoms with van der Waals surface area (Å²) in [6.07, 6.45) is 3.95. The number of pyridine rings is 1. The number of halogens is 1. The first-order valence-electron chi connectivity index (χ1n) is 6.72. The molecule has 2 rings (SSSR count). The van der Waals surface area contributed by atoms with Gasteiger partial charge in [0.25, 0.3) is 0 Å². The fourth-order valence-corrected chi connectivity index (χ4v) is 2.54. The van der Waals surface area contributed by atoms with E-state index in [1.165, 1.54) is 12.6 Å². The number of rotatable bonds is 3. The minimum absolute atomic E-state index is 0.0103. The van der Waals surface area contributed by atoms with Crippen molar-refractivity contribution in [2.24, 2.45) is 5.92 Å². The largest absolute Gasteiger partial charge is 0.309 e. The minimum Gasteiger partial charge on any atom is -0.309 e. The molecule has 19 heavy (non-hydrogen) atoms. The van der Waals surface area contributed by atoms with Gasteiger partial charge in [0.05, 0.1) is 11.1 Å². The van der Waals surface area contributed by atoms with Gasteiger partial charge in [0, 0.05) is 12.7 Å². The molecule has 2 atom stereocenters. The molecule has 1 saturated heterocycles. The van der Waals surface area contributed by atoms with Gasteiger partial charge in [-0.1, -0.05) is 18.5 Å². The van der Waals surface area contributed by atoms with E-state index >= 15 is 0 Å². The molecule has 0 unspecified atom stereocenters. The summed E-state index contributed by atoms with van der Waals surface area (Å²) in [5.41, 5.74) is 0. The molecule has 5 heteroatoms. The molecule has 1 aliphatic heterocycles. The topological polar surface area (TPSA) is 45.2 Å². The maximum Gasteiger partial charge on any atom is 0.242 e. The Labute approximate surface area is 119 Å². The second-order valence-electron chi connectivity index (χ2n) is 5.27. The van der Waals surface area contributed by atoms with E-state index in [2.05, 4.69) is 22.1 Å². The maximum absolute atomic E-state index is 12.2. The lowest BCUT2D eigenvalue weighted by atomic mass is 9.99. The third-order valence-electron chi connectivity index (χ3n) is 3.59. The van der Waals surface area contributed by atoms with Gasteiger partial charge in [-0.25, -0.2) is 4.98 Å². The zero-order valence-electron chi connectivity index (χ0n) is 11.4. The van der Waals surface area contributed by atoms with Gasteiger partial charge in [-0.15, -0.1) is 0 Å². The first-order valence-corrected chi connectivity index (χ1v) is 7.10. The number of nitrogens with one attached hydrogen (secondary N) is 1. The van der Waals surface area contributed by atoms with E-state index < -0.39 is 0 Å². The average molecular weight is 282 g/mol. The summed E-state index contributed by atoms with van der Waals surface area (Å²) in [5.74, 6) is 1.20. The fourth-order valence-electron chi connectivity index (χ4n) is 2.42. The highest BCUT2D eigenvalue weighted by Gasteiger charge is 2.25. The zero-order chi connectivity index (χ0) is 13.8. The normalized spacial score (nSPS) is 21.9. The molecule has 0 aliphatic carbocycles. The Bertz CT molecular complexity index is 435. The Morgan fingerprint density at radius 3 is 3.00 bits per heavy atom. The summed E-state index contributed by atoms with van der Waals surface area (Å²) in [6.45, 7) is 6.16. The standard InChI is InChI=1S/C14H20ClN3O/c1-10-4-3-7-18(9-10)11(2)14(19)17-13-6-5-12(15)8-16-13/h5-6,8,10-11H,3-4,7,9H2,1-2H3,(H,16,17,19)/t10-,11+/m1/s1. The van der Waals surface area contributed by atoms with Crippen LogP contribution in [-0.2, 0) is 4.79 Å². The monoisotopic (exact) mass is 281 g/mol. The molecule has 1 N–H and O–H groups in total. The molecule has 0 saturated carbocycles. The van der Waals surface area contributed by atoms with Gasteiger partial charge in [0.2, 0.25) is 5.91 Å². The molecule has 1 aliphatic rings. The molecule has 1 aromatic heterocycles. The second-order valence-corrected chi connectivity index (χ2v) is 5.71. The highest BCUT2D eigenvalue weighted by molar-refractivity contribution is 6.30. The van der Waals surface area contributed by atoms with Crippen molar-refractivity contribution in [1.29, 1.82) is 0 Å². The summed E-state index contributed by atoms with van der Waals surface area (Å²) in [4.78, 5) is 18.5. The third kappa shape index (κ3) is 3.91. The van der Waals surface area contributed by atoms with E-state index in [0.29, 0.717) is 16.8 Å². The Balaban J connectivity index is 1.93. The van der Waals surface area contributed by atoms with Gasteiger partial charge < -0.3 is 5.32 Å². The van der Waals surface area contributed by atoms with Crippen LogP contribution in [0.1, 0.15) is 26.7 Å². The van der Waals surface area contributed by atoms with Crippen molar-refractivity contribution in [3.63, 3.8) is 0 Å². The summed E-state index contributed by atoms with van der Waals surface area (Å²) in [7, 11) is 0. The van der Waals surface area contributed by atoms with Crippen LogP contribution in [0.2, 0.25) is 5.02 Å². The van der Waals surface area contributed by atoms with E-state index in [9.17, 15) is 4.79 Å². The second kappa shape index (κ2) is 6.35. The van der Waals surface area contributed by atoms with Crippen LogP contribution in [-0.4, -0.2) is 34.9 Å². The molecule has 1 fully saturated rings. The van der Waals surface area contributed by atoms with Gasteiger partial charge >= 0.3 is 0 Å². The van der Waals surface area contributed by atoms with E-state index in [1.807, 2.05) is 6.92 Å². The van der Waals surface area contributed by atoms with Gasteiger partial charge in [-0.2, -0.15) is 0 Å². The zero-order valence-corrected chi connectivity index (χ0v) is 12.2. The first-order chi connectivity index (χ1) is 9.06. The lowest BCUT2D eigenvalue weighted by Crippen LogP contribution is -2.46. The highest BCUT2D eigenvalue weighted by atomic mass is 35.5. The number of anilines is 1. The number of aromatic nitrogens is 1. The summed E-state index contributed by atoms with van der Waals surface area (Å²) < 4.78 is 0. The quantitative estimate of drug-likeness (QED) is 0.927. The van der Waals surface area contributed by atoms with Gasteiger partial charge in [0.1, 0.15) is 5.82 Å². The van der Waals surface area contributed by atoms with Crippen molar-refractivity contribution in [3.05, 3.63) is 23.4 Å². The van der Waals surface area contributed by atoms with Crippen molar-refractivity contribution < 1.29 is 4.79 Å². The Morgan fingerprint density at radius 2 is 2.37 bits per heavy atom. The molecule has 2 heterocycles. The van der Waals surface area contributed by atoms with Crippen LogP contribution in [0.4, 0.5) is 5.82 Å². The van der Waals surface area contributed by atoms with Crippen molar-refractivity contribution >= 4 is 23.3 Å². The van der Waals surface area contributed by atoms with Gasteiger partial charge in [-0.3, -0.25) is 9.69 Å². The van der Waals surface area contributed by atoms with Crippen molar-refractivity contribution in [3.8, 4) is 0 Å². The van der Waals surface area contributed by atoms with Crippen molar-refractivity contribution in [2.75, 3.05) is 18.4 Å². The molecule has 104 valence electrons. The number of likely N-dealkylation sites (tertiary alicyclic amines) is 1. The number of amides is 1. The molecule has 0 bridgehead atoms. The van der Waals surface area contributed by atoms with Crippen LogP contribution in [0.5, 0.6) is 0 Å². The summed E-state index contributed by atoms with van der Waals surface area (Å²) in [5, 5.41) is 3.40.